The summed E-state index contributed by atoms with van der Waals surface area (Å²) in [7, 11) is 0. The number of aliphatic hydroxyl groups excluding tert-OH is 5. The Morgan fingerprint density at radius 1 is 0.443 bits per heavy atom. The molecule has 0 aromatic carbocycles. The maximum absolute atomic E-state index is 13.1. The van der Waals surface area contributed by atoms with Crippen LogP contribution in [0, 0.1) is 0 Å². The van der Waals surface area contributed by atoms with Crippen molar-refractivity contribution in [2.24, 2.45) is 0 Å². The molecule has 1 fully saturated rings. The Hall–Kier alpha value is -2.63. The van der Waals surface area contributed by atoms with Crippen LogP contribution in [0.1, 0.15) is 296 Å². The first-order valence-corrected chi connectivity index (χ1v) is 33.3. The number of ether oxygens (including phenoxy) is 2. The van der Waals surface area contributed by atoms with Crippen LogP contribution in [-0.2, 0) is 14.3 Å². The van der Waals surface area contributed by atoms with Crippen molar-refractivity contribution in [3.8, 4) is 0 Å². The van der Waals surface area contributed by atoms with Crippen molar-refractivity contribution >= 4 is 5.91 Å². The fraction of sp³-hybridized carbons (Fsp3) is 0.786. The second kappa shape index (κ2) is 58.6. The zero-order valence-corrected chi connectivity index (χ0v) is 51.1. The summed E-state index contributed by atoms with van der Waals surface area (Å²) in [6.45, 7) is 3.68. The predicted octanol–water partition coefficient (Wildman–Crippen LogP) is 17.7. The topological polar surface area (TPSA) is 149 Å². The van der Waals surface area contributed by atoms with E-state index in [0.717, 1.165) is 70.6 Å². The van der Waals surface area contributed by atoms with Gasteiger partial charge in [-0.2, -0.15) is 0 Å². The number of carbonyl (C=O) groups excluding carboxylic acids is 1. The Kier molecular flexibility index (Phi) is 55.1. The molecule has 1 amide bonds. The molecule has 1 aliphatic rings. The normalized spacial score (nSPS) is 19.1. The van der Waals surface area contributed by atoms with E-state index in [2.05, 4.69) is 92.1 Å². The molecule has 0 saturated carbocycles. The van der Waals surface area contributed by atoms with Crippen molar-refractivity contribution in [1.82, 2.24) is 5.32 Å². The van der Waals surface area contributed by atoms with Crippen LogP contribution >= 0.6 is 0 Å². The fourth-order valence-corrected chi connectivity index (χ4v) is 10.3. The maximum atomic E-state index is 13.1. The lowest BCUT2D eigenvalue weighted by atomic mass is 9.99. The smallest absolute Gasteiger partial charge is 0.220 e. The van der Waals surface area contributed by atoms with Crippen molar-refractivity contribution in [2.45, 2.75) is 339 Å². The third-order valence-electron chi connectivity index (χ3n) is 15.5. The molecule has 0 spiro atoms. The summed E-state index contributed by atoms with van der Waals surface area (Å²) in [6, 6.07) is -0.825. The lowest BCUT2D eigenvalue weighted by molar-refractivity contribution is -0.302. The SMILES string of the molecule is CC/C=C\C/C=C\C/C=C\C/C=C\C/C=C\CCCCCCCCCCCCCCCCCCCCCC(=O)NC(COC1OC(CO)C(O)C(O)C1O)C(O)/C=C/CC/C=C/CCCCCCCCCCCCCCCCC. The second-order valence-corrected chi connectivity index (χ2v) is 22.9. The van der Waals surface area contributed by atoms with Gasteiger partial charge in [0.05, 0.1) is 25.4 Å². The highest BCUT2D eigenvalue weighted by Gasteiger charge is 2.44. The molecule has 1 aliphatic heterocycles. The van der Waals surface area contributed by atoms with Crippen molar-refractivity contribution in [3.63, 3.8) is 0 Å². The average Bonchev–Trinajstić information content (AvgIpc) is 3.47. The fourth-order valence-electron chi connectivity index (χ4n) is 10.3. The van der Waals surface area contributed by atoms with E-state index in [1.165, 1.54) is 205 Å². The minimum absolute atomic E-state index is 0.184. The van der Waals surface area contributed by atoms with E-state index in [1.807, 2.05) is 6.08 Å². The molecule has 6 N–H and O–H groups in total. The summed E-state index contributed by atoms with van der Waals surface area (Å²) in [5.41, 5.74) is 0. The monoisotopic (exact) mass is 1110 g/mol. The van der Waals surface area contributed by atoms with Crippen LogP contribution in [0.3, 0.4) is 0 Å². The molecule has 1 rings (SSSR count). The molecular formula is C70H125NO8. The van der Waals surface area contributed by atoms with Crippen LogP contribution in [0.15, 0.2) is 85.1 Å². The zero-order valence-electron chi connectivity index (χ0n) is 51.1. The van der Waals surface area contributed by atoms with Gasteiger partial charge in [0.2, 0.25) is 5.91 Å². The summed E-state index contributed by atoms with van der Waals surface area (Å²) in [5.74, 6) is -0.184. The van der Waals surface area contributed by atoms with Crippen molar-refractivity contribution < 1.29 is 39.8 Å². The molecule has 0 aromatic rings. The third kappa shape index (κ3) is 47.6. The van der Waals surface area contributed by atoms with Gasteiger partial charge in [0.25, 0.3) is 0 Å². The zero-order chi connectivity index (χ0) is 57.2. The van der Waals surface area contributed by atoms with E-state index < -0.39 is 49.5 Å². The Bertz CT molecular complexity index is 1520. The lowest BCUT2D eigenvalue weighted by Crippen LogP contribution is -2.60. The van der Waals surface area contributed by atoms with Crippen LogP contribution in [0.5, 0.6) is 0 Å². The first kappa shape index (κ1) is 74.4. The van der Waals surface area contributed by atoms with Gasteiger partial charge in [0, 0.05) is 6.42 Å². The van der Waals surface area contributed by atoms with Gasteiger partial charge < -0.3 is 40.3 Å². The number of unbranched alkanes of at least 4 members (excludes halogenated alkanes) is 35. The molecule has 0 aliphatic carbocycles. The molecule has 7 unspecified atom stereocenters. The van der Waals surface area contributed by atoms with Crippen molar-refractivity contribution in [3.05, 3.63) is 85.1 Å². The van der Waals surface area contributed by atoms with Gasteiger partial charge >= 0.3 is 0 Å². The predicted molar refractivity (Wildman–Crippen MR) is 336 cm³/mol. The Balaban J connectivity index is 2.14. The Morgan fingerprint density at radius 3 is 1.22 bits per heavy atom. The van der Waals surface area contributed by atoms with Gasteiger partial charge in [-0.3, -0.25) is 4.79 Å². The van der Waals surface area contributed by atoms with E-state index in [-0.39, 0.29) is 12.5 Å². The van der Waals surface area contributed by atoms with Gasteiger partial charge in [-0.05, 0) is 77.0 Å². The van der Waals surface area contributed by atoms with Gasteiger partial charge in [-0.25, -0.2) is 0 Å². The molecule has 9 nitrogen and oxygen atoms in total. The van der Waals surface area contributed by atoms with E-state index in [0.29, 0.717) is 6.42 Å². The molecule has 0 bridgehead atoms. The standard InChI is InChI=1S/C70H125NO8/c1-3-5-7-9-11-13-15-17-19-21-23-25-26-27-28-29-30-31-32-33-34-35-36-37-38-40-42-44-46-48-50-52-54-56-58-60-66(74)71-63(62-78-70-69(77)68(76)67(75)65(61-72)79-70)64(73)59-57-55-53-51-49-47-45-43-41-39-24-22-20-18-16-14-12-10-8-6-4-2/h5,7,11,13,17,19,23,25,27-28,49,51,57,59,63-65,67-70,72-73,75-77H,3-4,6,8-10,12,14-16,18,20-22,24,26,29-48,50,52-56,58,60-62H2,1-2H3,(H,71,74)/b7-5-,13-11-,19-17-,25-23-,28-27-,51-49+,59-57+. The highest BCUT2D eigenvalue weighted by atomic mass is 16.7. The number of rotatable bonds is 57. The average molecular weight is 1110 g/mol. The van der Waals surface area contributed by atoms with Gasteiger partial charge in [0.1, 0.15) is 24.4 Å². The molecular weight excluding hydrogens is 983 g/mol. The molecule has 0 aromatic heterocycles. The van der Waals surface area contributed by atoms with Crippen molar-refractivity contribution in [1.29, 1.82) is 0 Å². The van der Waals surface area contributed by atoms with Gasteiger partial charge in [0.15, 0.2) is 6.29 Å². The molecule has 7 atom stereocenters. The van der Waals surface area contributed by atoms with E-state index in [9.17, 15) is 30.3 Å². The molecule has 0 radical (unpaired) electrons. The summed E-state index contributed by atoms with van der Waals surface area (Å²) in [4.78, 5) is 13.1. The Labute approximate surface area is 486 Å². The number of aliphatic hydroxyl groups is 5. The first-order chi connectivity index (χ1) is 38.8. The number of carbonyl (C=O) groups is 1. The lowest BCUT2D eigenvalue weighted by Gasteiger charge is -2.40. The van der Waals surface area contributed by atoms with Gasteiger partial charge in [-0.15, -0.1) is 0 Å². The highest BCUT2D eigenvalue weighted by Crippen LogP contribution is 2.23. The second-order valence-electron chi connectivity index (χ2n) is 22.9. The van der Waals surface area contributed by atoms with Crippen LogP contribution in [0.2, 0.25) is 0 Å². The number of hydrogen-bond acceptors (Lipinski definition) is 8. The minimum Gasteiger partial charge on any atom is -0.394 e. The summed E-state index contributed by atoms with van der Waals surface area (Å²) in [6.07, 6.45) is 76.8. The van der Waals surface area contributed by atoms with Crippen LogP contribution in [-0.4, -0.2) is 87.5 Å². The summed E-state index contributed by atoms with van der Waals surface area (Å²) >= 11 is 0. The van der Waals surface area contributed by atoms with E-state index in [1.54, 1.807) is 6.08 Å². The van der Waals surface area contributed by atoms with Gasteiger partial charge in [-0.1, -0.05) is 298 Å². The molecule has 9 heteroatoms. The summed E-state index contributed by atoms with van der Waals surface area (Å²) < 4.78 is 11.3. The molecule has 1 heterocycles. The molecule has 79 heavy (non-hydrogen) atoms. The largest absolute Gasteiger partial charge is 0.394 e. The van der Waals surface area contributed by atoms with E-state index >= 15 is 0 Å². The number of allylic oxidation sites excluding steroid dienone is 13. The number of nitrogens with one attached hydrogen (secondary N) is 1. The van der Waals surface area contributed by atoms with Crippen molar-refractivity contribution in [2.75, 3.05) is 13.2 Å². The molecule has 458 valence electrons. The third-order valence-corrected chi connectivity index (χ3v) is 15.5. The minimum atomic E-state index is -1.57. The highest BCUT2D eigenvalue weighted by molar-refractivity contribution is 5.76. The van der Waals surface area contributed by atoms with Crippen LogP contribution in [0.4, 0.5) is 0 Å². The number of hydrogen-bond donors (Lipinski definition) is 6. The molecule has 1 saturated heterocycles. The van der Waals surface area contributed by atoms with Crippen LogP contribution in [0.25, 0.3) is 0 Å². The maximum Gasteiger partial charge on any atom is 0.220 e. The van der Waals surface area contributed by atoms with E-state index in [4.69, 9.17) is 9.47 Å². The first-order valence-electron chi connectivity index (χ1n) is 33.3. The summed E-state index contributed by atoms with van der Waals surface area (Å²) in [5, 5.41) is 54.7. The quantitative estimate of drug-likeness (QED) is 0.0261. The number of amides is 1. The van der Waals surface area contributed by atoms with Crippen LogP contribution < -0.4 is 5.32 Å². The Morgan fingerprint density at radius 2 is 0.797 bits per heavy atom.